The third kappa shape index (κ3) is 5.34. The summed E-state index contributed by atoms with van der Waals surface area (Å²) in [7, 11) is 0. The van der Waals surface area contributed by atoms with Crippen LogP contribution in [-0.2, 0) is 11.2 Å². The minimum atomic E-state index is -0.230. The summed E-state index contributed by atoms with van der Waals surface area (Å²) in [6.07, 6.45) is 4.42. The molecule has 0 bridgehead atoms. The summed E-state index contributed by atoms with van der Waals surface area (Å²) in [5.74, 6) is 0.448. The zero-order chi connectivity index (χ0) is 17.6. The Morgan fingerprint density at radius 3 is 2.96 bits per heavy atom. The van der Waals surface area contributed by atoms with Gasteiger partial charge in [0.2, 0.25) is 5.91 Å². The van der Waals surface area contributed by atoms with E-state index >= 15 is 0 Å². The van der Waals surface area contributed by atoms with Crippen molar-refractivity contribution in [3.63, 3.8) is 0 Å². The molecule has 0 saturated carbocycles. The average Bonchev–Trinajstić information content (AvgIpc) is 2.93. The van der Waals surface area contributed by atoms with Crippen LogP contribution in [0.3, 0.4) is 0 Å². The monoisotopic (exact) mass is 361 g/mol. The Morgan fingerprint density at radius 2 is 2.20 bits per heavy atom. The second-order valence-corrected chi connectivity index (χ2v) is 7.70. The Labute approximate surface area is 151 Å². The molecule has 2 heterocycles. The molecule has 2 aromatic rings. The summed E-state index contributed by atoms with van der Waals surface area (Å²) in [4.78, 5) is 17.7. The molecule has 0 unspecified atom stereocenters. The largest absolute Gasteiger partial charge is 0.317 e. The predicted molar refractivity (Wildman–Crippen MR) is 99.5 cm³/mol. The van der Waals surface area contributed by atoms with Gasteiger partial charge in [0.25, 0.3) is 0 Å². The number of amides is 1. The van der Waals surface area contributed by atoms with Crippen LogP contribution in [0.15, 0.2) is 24.3 Å². The smallest absolute Gasteiger partial charge is 0.226 e. The highest BCUT2D eigenvalue weighted by atomic mass is 32.1. The second kappa shape index (κ2) is 8.54. The first-order valence-electron chi connectivity index (χ1n) is 8.81. The average molecular weight is 361 g/mol. The Bertz CT molecular complexity index is 725. The van der Waals surface area contributed by atoms with Gasteiger partial charge < -0.3 is 10.6 Å². The van der Waals surface area contributed by atoms with Crippen LogP contribution in [0.25, 0.3) is 0 Å². The summed E-state index contributed by atoms with van der Waals surface area (Å²) < 4.78 is 13.3. The Kier molecular flexibility index (Phi) is 6.15. The lowest BCUT2D eigenvalue weighted by Crippen LogP contribution is -2.28. The van der Waals surface area contributed by atoms with Crippen LogP contribution in [0.2, 0.25) is 0 Å². The molecule has 3 rings (SSSR count). The number of aryl methyl sites for hydroxylation is 1. The Hall–Kier alpha value is -1.79. The number of piperidine rings is 1. The fourth-order valence-electron chi connectivity index (χ4n) is 3.17. The third-order valence-corrected chi connectivity index (χ3v) is 5.70. The fraction of sp³-hybridized carbons (Fsp3) is 0.474. The lowest BCUT2D eigenvalue weighted by molar-refractivity contribution is -0.116. The number of carbonyl (C=O) groups excluding carboxylic acids is 1. The number of hydrogen-bond donors (Lipinski definition) is 2. The molecule has 25 heavy (non-hydrogen) atoms. The molecule has 0 spiro atoms. The number of anilines is 1. The molecule has 0 atom stereocenters. The normalized spacial score (nSPS) is 15.3. The van der Waals surface area contributed by atoms with E-state index in [0.29, 0.717) is 23.9 Å². The molecule has 1 aromatic carbocycles. The van der Waals surface area contributed by atoms with Crippen molar-refractivity contribution in [1.82, 2.24) is 10.3 Å². The van der Waals surface area contributed by atoms with Crippen molar-refractivity contribution in [3.8, 4) is 0 Å². The minimum absolute atomic E-state index is 0.0320. The van der Waals surface area contributed by atoms with E-state index in [4.69, 9.17) is 0 Å². The molecule has 6 heteroatoms. The number of thiazole rings is 1. The summed E-state index contributed by atoms with van der Waals surface area (Å²) in [5.41, 5.74) is 1.80. The van der Waals surface area contributed by atoms with Crippen LogP contribution in [-0.4, -0.2) is 24.0 Å². The van der Waals surface area contributed by atoms with Gasteiger partial charge in [0, 0.05) is 17.7 Å². The number of hydrogen-bond acceptors (Lipinski definition) is 4. The van der Waals surface area contributed by atoms with Gasteiger partial charge in [-0.15, -0.1) is 11.3 Å². The van der Waals surface area contributed by atoms with Gasteiger partial charge in [0.15, 0.2) is 5.13 Å². The molecule has 0 aliphatic carbocycles. The van der Waals surface area contributed by atoms with Gasteiger partial charge in [0.1, 0.15) is 5.82 Å². The van der Waals surface area contributed by atoms with Crippen molar-refractivity contribution in [1.29, 1.82) is 0 Å². The van der Waals surface area contributed by atoms with Crippen molar-refractivity contribution in [2.24, 2.45) is 5.92 Å². The van der Waals surface area contributed by atoms with Crippen molar-refractivity contribution in [3.05, 3.63) is 46.2 Å². The molecule has 1 aliphatic heterocycles. The van der Waals surface area contributed by atoms with E-state index in [1.807, 2.05) is 13.0 Å². The lowest BCUT2D eigenvalue weighted by Gasteiger charge is -2.21. The minimum Gasteiger partial charge on any atom is -0.317 e. The number of nitrogens with one attached hydrogen (secondary N) is 2. The van der Waals surface area contributed by atoms with Gasteiger partial charge in [-0.2, -0.15) is 0 Å². The lowest BCUT2D eigenvalue weighted by atomic mass is 9.93. The molecule has 134 valence electrons. The van der Waals surface area contributed by atoms with Gasteiger partial charge in [-0.3, -0.25) is 4.79 Å². The number of aromatic nitrogens is 1. The quantitative estimate of drug-likeness (QED) is 0.820. The van der Waals surface area contributed by atoms with Crippen LogP contribution in [0.4, 0.5) is 9.52 Å². The van der Waals surface area contributed by atoms with Crippen LogP contribution < -0.4 is 10.6 Å². The molecule has 1 aliphatic rings. The number of halogens is 1. The van der Waals surface area contributed by atoms with Crippen LogP contribution in [0.1, 0.15) is 41.8 Å². The van der Waals surface area contributed by atoms with Gasteiger partial charge in [-0.25, -0.2) is 9.37 Å². The maximum absolute atomic E-state index is 13.3. The van der Waals surface area contributed by atoms with Crippen LogP contribution in [0.5, 0.6) is 0 Å². The molecule has 4 nitrogen and oxygen atoms in total. The summed E-state index contributed by atoms with van der Waals surface area (Å²) in [5, 5.41) is 6.90. The first kappa shape index (κ1) is 18.0. The first-order chi connectivity index (χ1) is 12.1. The number of nitrogens with zero attached hydrogens (tertiary/aromatic N) is 1. The summed E-state index contributed by atoms with van der Waals surface area (Å²) in [6.45, 7) is 4.04. The van der Waals surface area contributed by atoms with Gasteiger partial charge in [0.05, 0.1) is 5.69 Å². The van der Waals surface area contributed by atoms with E-state index in [2.05, 4.69) is 15.6 Å². The second-order valence-electron chi connectivity index (χ2n) is 6.61. The zero-order valence-corrected chi connectivity index (χ0v) is 15.3. The highest BCUT2D eigenvalue weighted by Crippen LogP contribution is 2.26. The fourth-order valence-corrected chi connectivity index (χ4v) is 4.18. The van der Waals surface area contributed by atoms with Crippen molar-refractivity contribution in [2.75, 3.05) is 18.4 Å². The zero-order valence-electron chi connectivity index (χ0n) is 14.5. The SMILES string of the molecule is Cc1nc(NC(=O)CCC2CCNCC2)sc1Cc1cccc(F)c1. The number of benzene rings is 1. The van der Waals surface area contributed by atoms with Crippen molar-refractivity contribution < 1.29 is 9.18 Å². The molecular formula is C19H24FN3OS. The topological polar surface area (TPSA) is 54.0 Å². The first-order valence-corrected chi connectivity index (χ1v) is 9.63. The maximum Gasteiger partial charge on any atom is 0.226 e. The molecular weight excluding hydrogens is 337 g/mol. The highest BCUT2D eigenvalue weighted by molar-refractivity contribution is 7.15. The molecule has 2 N–H and O–H groups in total. The molecule has 1 saturated heterocycles. The Morgan fingerprint density at radius 1 is 1.40 bits per heavy atom. The van der Waals surface area contributed by atoms with E-state index in [0.717, 1.165) is 48.5 Å². The van der Waals surface area contributed by atoms with Crippen molar-refractivity contribution >= 4 is 22.4 Å². The van der Waals surface area contributed by atoms with E-state index in [9.17, 15) is 9.18 Å². The Balaban J connectivity index is 1.53. The molecule has 0 radical (unpaired) electrons. The standard InChI is InChI=1S/C19H24FN3OS/c1-13-17(12-15-3-2-4-16(20)11-15)25-19(22-13)23-18(24)6-5-14-7-9-21-10-8-14/h2-4,11,14,21H,5-10,12H2,1H3,(H,22,23,24). The van der Waals surface area contributed by atoms with Crippen LogP contribution in [0, 0.1) is 18.7 Å². The van der Waals surface area contributed by atoms with E-state index in [1.54, 1.807) is 6.07 Å². The number of carbonyl (C=O) groups is 1. The highest BCUT2D eigenvalue weighted by Gasteiger charge is 2.16. The molecule has 1 fully saturated rings. The summed E-state index contributed by atoms with van der Waals surface area (Å²) in [6, 6.07) is 6.59. The van der Waals surface area contributed by atoms with Gasteiger partial charge in [-0.1, -0.05) is 12.1 Å². The van der Waals surface area contributed by atoms with E-state index in [1.165, 1.54) is 23.5 Å². The van der Waals surface area contributed by atoms with Crippen molar-refractivity contribution in [2.45, 2.75) is 39.0 Å². The van der Waals surface area contributed by atoms with Gasteiger partial charge >= 0.3 is 0 Å². The van der Waals surface area contributed by atoms with E-state index < -0.39 is 0 Å². The van der Waals surface area contributed by atoms with E-state index in [-0.39, 0.29) is 11.7 Å². The van der Waals surface area contributed by atoms with Crippen LogP contribution >= 0.6 is 11.3 Å². The molecule has 1 aromatic heterocycles. The third-order valence-electron chi connectivity index (χ3n) is 4.63. The van der Waals surface area contributed by atoms with Gasteiger partial charge in [-0.05, 0) is 62.9 Å². The summed E-state index contributed by atoms with van der Waals surface area (Å²) >= 11 is 1.47. The maximum atomic E-state index is 13.3. The predicted octanol–water partition coefficient (Wildman–Crippen LogP) is 3.90. The number of rotatable bonds is 6. The molecule has 1 amide bonds.